The first-order valence-corrected chi connectivity index (χ1v) is 9.54. The van der Waals surface area contributed by atoms with Gasteiger partial charge in [0.1, 0.15) is 12.3 Å². The molecule has 0 unspecified atom stereocenters. The molecule has 1 aliphatic heterocycles. The Morgan fingerprint density at radius 1 is 1.04 bits per heavy atom. The highest BCUT2D eigenvalue weighted by atomic mass is 32.2. The van der Waals surface area contributed by atoms with Gasteiger partial charge < -0.3 is 19.1 Å². The largest absolute Gasteiger partial charge is 0.496 e. The number of imide groups is 1. The van der Waals surface area contributed by atoms with Gasteiger partial charge in [-0.3, -0.25) is 19.3 Å². The highest BCUT2D eigenvalue weighted by Gasteiger charge is 2.37. The van der Waals surface area contributed by atoms with Gasteiger partial charge in [0.25, 0.3) is 11.1 Å². The van der Waals surface area contributed by atoms with Crippen molar-refractivity contribution in [2.45, 2.75) is 13.8 Å². The molecule has 3 amide bonds. The van der Waals surface area contributed by atoms with E-state index < -0.39 is 11.1 Å². The predicted octanol–water partition coefficient (Wildman–Crippen LogP) is 2.62. The summed E-state index contributed by atoms with van der Waals surface area (Å²) >= 11 is 0.788. The minimum Gasteiger partial charge on any atom is -0.496 e. The molecular weight excluding hydrogens is 384 g/mol. The van der Waals surface area contributed by atoms with Crippen LogP contribution in [0.4, 0.5) is 4.79 Å². The fraction of sp³-hybridized carbons (Fsp3) is 0.421. The van der Waals surface area contributed by atoms with Crippen LogP contribution < -0.4 is 14.2 Å². The minimum absolute atomic E-state index is 0.211. The lowest BCUT2D eigenvalue weighted by molar-refractivity contribution is -0.135. The molecule has 1 heterocycles. The van der Waals surface area contributed by atoms with Crippen LogP contribution in [0.2, 0.25) is 0 Å². The first-order valence-electron chi connectivity index (χ1n) is 8.73. The van der Waals surface area contributed by atoms with Crippen LogP contribution in [0.1, 0.15) is 19.4 Å². The fourth-order valence-electron chi connectivity index (χ4n) is 2.75. The van der Waals surface area contributed by atoms with E-state index in [0.29, 0.717) is 35.9 Å². The van der Waals surface area contributed by atoms with Gasteiger partial charge in [-0.2, -0.15) is 0 Å². The van der Waals surface area contributed by atoms with Crippen molar-refractivity contribution < 1.29 is 28.6 Å². The normalized spacial score (nSPS) is 15.2. The van der Waals surface area contributed by atoms with Crippen molar-refractivity contribution >= 4 is 34.9 Å². The van der Waals surface area contributed by atoms with Crippen molar-refractivity contribution in [3.05, 3.63) is 22.6 Å². The van der Waals surface area contributed by atoms with Crippen LogP contribution >= 0.6 is 11.8 Å². The Bertz CT molecular complexity index is 804. The van der Waals surface area contributed by atoms with Gasteiger partial charge in [-0.15, -0.1) is 0 Å². The fourth-order valence-corrected chi connectivity index (χ4v) is 3.58. The topological polar surface area (TPSA) is 85.4 Å². The number of ether oxygens (including phenoxy) is 3. The third-order valence-electron chi connectivity index (χ3n) is 4.31. The zero-order valence-corrected chi connectivity index (χ0v) is 17.4. The Morgan fingerprint density at radius 2 is 1.61 bits per heavy atom. The van der Waals surface area contributed by atoms with Gasteiger partial charge in [0, 0.05) is 24.7 Å². The van der Waals surface area contributed by atoms with Crippen molar-refractivity contribution in [1.82, 2.24) is 9.80 Å². The lowest BCUT2D eigenvalue weighted by atomic mass is 10.1. The number of hydrogen-bond donors (Lipinski definition) is 0. The molecule has 9 heteroatoms. The summed E-state index contributed by atoms with van der Waals surface area (Å²) in [7, 11) is 4.50. The monoisotopic (exact) mass is 408 g/mol. The Morgan fingerprint density at radius 3 is 2.14 bits per heavy atom. The van der Waals surface area contributed by atoms with E-state index in [0.717, 1.165) is 16.7 Å². The highest BCUT2D eigenvalue weighted by molar-refractivity contribution is 8.18. The van der Waals surface area contributed by atoms with Crippen LogP contribution in [0, 0.1) is 0 Å². The lowest BCUT2D eigenvalue weighted by Crippen LogP contribution is -2.41. The van der Waals surface area contributed by atoms with Crippen LogP contribution in [0.25, 0.3) is 6.08 Å². The van der Waals surface area contributed by atoms with Gasteiger partial charge in [0.15, 0.2) is 11.5 Å². The molecule has 0 aromatic heterocycles. The minimum atomic E-state index is -0.507. The Hall–Kier alpha value is -2.68. The number of hydrogen-bond acceptors (Lipinski definition) is 7. The molecule has 1 aromatic rings. The maximum absolute atomic E-state index is 12.7. The van der Waals surface area contributed by atoms with E-state index in [-0.39, 0.29) is 17.4 Å². The maximum Gasteiger partial charge on any atom is 0.294 e. The third-order valence-corrected chi connectivity index (χ3v) is 5.21. The summed E-state index contributed by atoms with van der Waals surface area (Å²) in [5.74, 6) is 0.633. The second-order valence-electron chi connectivity index (χ2n) is 5.78. The number of benzene rings is 1. The third kappa shape index (κ3) is 4.41. The summed E-state index contributed by atoms with van der Waals surface area (Å²) < 4.78 is 15.9. The first-order chi connectivity index (χ1) is 13.4. The van der Waals surface area contributed by atoms with Crippen molar-refractivity contribution in [2.75, 3.05) is 41.0 Å². The first kappa shape index (κ1) is 21.6. The van der Waals surface area contributed by atoms with Gasteiger partial charge in [-0.05, 0) is 37.8 Å². The zero-order chi connectivity index (χ0) is 20.8. The van der Waals surface area contributed by atoms with Crippen LogP contribution in [-0.2, 0) is 9.59 Å². The molecule has 0 aliphatic carbocycles. The summed E-state index contributed by atoms with van der Waals surface area (Å²) in [6.07, 6.45) is 1.55. The second-order valence-corrected chi connectivity index (χ2v) is 6.78. The number of carbonyl (C=O) groups is 3. The number of nitrogens with zero attached hydrogens (tertiary/aromatic N) is 2. The molecule has 0 bridgehead atoms. The van der Waals surface area contributed by atoms with E-state index in [2.05, 4.69) is 0 Å². The number of amides is 3. The van der Waals surface area contributed by atoms with Crippen LogP contribution in [-0.4, -0.2) is 67.8 Å². The highest BCUT2D eigenvalue weighted by Crippen LogP contribution is 2.38. The van der Waals surface area contributed by atoms with E-state index in [9.17, 15) is 14.4 Å². The van der Waals surface area contributed by atoms with Gasteiger partial charge in [-0.25, -0.2) is 0 Å². The average Bonchev–Trinajstić information content (AvgIpc) is 2.95. The van der Waals surface area contributed by atoms with Crippen LogP contribution in [0.15, 0.2) is 17.0 Å². The number of methoxy groups -OCH3 is 3. The van der Waals surface area contributed by atoms with Crippen molar-refractivity contribution in [2.24, 2.45) is 0 Å². The van der Waals surface area contributed by atoms with E-state index in [1.165, 1.54) is 21.3 Å². The average molecular weight is 408 g/mol. The van der Waals surface area contributed by atoms with Crippen molar-refractivity contribution in [1.29, 1.82) is 0 Å². The van der Waals surface area contributed by atoms with E-state index >= 15 is 0 Å². The lowest BCUT2D eigenvalue weighted by Gasteiger charge is -2.21. The van der Waals surface area contributed by atoms with Crippen LogP contribution in [0.5, 0.6) is 17.2 Å². The van der Waals surface area contributed by atoms with E-state index in [1.807, 2.05) is 13.8 Å². The standard InChI is InChI=1S/C19H24N2O6S/c1-6-20(7-2)17(22)11-21-18(23)16(28-19(21)24)9-12-8-14(26-4)15(27-5)10-13(12)25-3/h8-10H,6-7,11H2,1-5H3/b16-9-. The van der Waals surface area contributed by atoms with Crippen molar-refractivity contribution in [3.8, 4) is 17.2 Å². The summed E-state index contributed by atoms with van der Waals surface area (Å²) in [6, 6.07) is 3.30. The van der Waals surface area contributed by atoms with E-state index in [1.54, 1.807) is 23.1 Å². The second kappa shape index (κ2) is 9.50. The molecule has 2 rings (SSSR count). The predicted molar refractivity (Wildman–Crippen MR) is 107 cm³/mol. The molecule has 8 nitrogen and oxygen atoms in total. The molecule has 0 atom stereocenters. The van der Waals surface area contributed by atoms with Gasteiger partial charge in [0.05, 0.1) is 26.2 Å². The number of thioether (sulfide) groups is 1. The molecule has 1 aromatic carbocycles. The molecule has 0 saturated carbocycles. The quantitative estimate of drug-likeness (QED) is 0.611. The van der Waals surface area contributed by atoms with E-state index in [4.69, 9.17) is 14.2 Å². The summed E-state index contributed by atoms with van der Waals surface area (Å²) in [5, 5.41) is -0.476. The molecule has 0 N–H and O–H groups in total. The van der Waals surface area contributed by atoms with Gasteiger partial charge in [0.2, 0.25) is 5.91 Å². The summed E-state index contributed by atoms with van der Waals surface area (Å²) in [4.78, 5) is 40.0. The number of carbonyl (C=O) groups excluding carboxylic acids is 3. The molecule has 1 saturated heterocycles. The van der Waals surface area contributed by atoms with Gasteiger partial charge >= 0.3 is 0 Å². The molecule has 28 heavy (non-hydrogen) atoms. The van der Waals surface area contributed by atoms with Gasteiger partial charge in [-0.1, -0.05) is 0 Å². The molecule has 1 aliphatic rings. The zero-order valence-electron chi connectivity index (χ0n) is 16.6. The van der Waals surface area contributed by atoms with Crippen molar-refractivity contribution in [3.63, 3.8) is 0 Å². The molecular formula is C19H24N2O6S. The molecule has 0 spiro atoms. The summed E-state index contributed by atoms with van der Waals surface area (Å²) in [5.41, 5.74) is 0.556. The SMILES string of the molecule is CCN(CC)C(=O)CN1C(=O)S/C(=C\c2cc(OC)c(OC)cc2OC)C1=O. The molecule has 0 radical (unpaired) electrons. The Kier molecular flexibility index (Phi) is 7.33. The number of likely N-dealkylation sites (N-methyl/N-ethyl adjacent to an activating group) is 1. The Labute approximate surface area is 168 Å². The molecule has 152 valence electrons. The maximum atomic E-state index is 12.7. The number of rotatable bonds is 8. The Balaban J connectivity index is 2.32. The molecule has 1 fully saturated rings. The van der Waals surface area contributed by atoms with Crippen LogP contribution in [0.3, 0.4) is 0 Å². The smallest absolute Gasteiger partial charge is 0.294 e. The summed E-state index contributed by atoms with van der Waals surface area (Å²) in [6.45, 7) is 4.46.